The minimum absolute atomic E-state index is 0.00835. The first-order chi connectivity index (χ1) is 16.6. The largest absolute Gasteiger partial charge is 0.493 e. The van der Waals surface area contributed by atoms with Gasteiger partial charge in [-0.25, -0.2) is 4.98 Å². The molecule has 1 aliphatic heterocycles. The fraction of sp³-hybridized carbons (Fsp3) is 0.259. The van der Waals surface area contributed by atoms with E-state index in [4.69, 9.17) is 26.1 Å². The molecule has 0 bridgehead atoms. The number of imidazole rings is 1. The molecule has 0 N–H and O–H groups in total. The van der Waals surface area contributed by atoms with Gasteiger partial charge < -0.3 is 18.9 Å². The van der Waals surface area contributed by atoms with E-state index in [1.807, 2.05) is 71.6 Å². The number of fused-ring (bicyclic) bond motifs is 1. The third-order valence-corrected chi connectivity index (χ3v) is 6.38. The lowest BCUT2D eigenvalue weighted by molar-refractivity contribution is -0.117. The second-order valence-corrected chi connectivity index (χ2v) is 8.78. The summed E-state index contributed by atoms with van der Waals surface area (Å²) in [6.45, 7) is 1.87. The number of aryl methyl sites for hydroxylation is 1. The van der Waals surface area contributed by atoms with Crippen LogP contribution in [0.2, 0.25) is 5.02 Å². The zero-order valence-corrected chi connectivity index (χ0v) is 19.7. The number of anilines is 1. The molecule has 1 aromatic heterocycles. The molecule has 5 rings (SSSR count). The Morgan fingerprint density at radius 2 is 1.82 bits per heavy atom. The van der Waals surface area contributed by atoms with Crippen molar-refractivity contribution >= 4 is 34.2 Å². The Kier molecular flexibility index (Phi) is 6.41. The molecule has 1 aliphatic rings. The summed E-state index contributed by atoms with van der Waals surface area (Å²) in [5.41, 5.74) is 2.84. The fourth-order valence-corrected chi connectivity index (χ4v) is 4.74. The van der Waals surface area contributed by atoms with Crippen LogP contribution in [0.1, 0.15) is 24.6 Å². The predicted octanol–water partition coefficient (Wildman–Crippen LogP) is 5.69. The van der Waals surface area contributed by atoms with Crippen LogP contribution in [-0.2, 0) is 11.3 Å². The van der Waals surface area contributed by atoms with Gasteiger partial charge in [-0.3, -0.25) is 4.79 Å². The first-order valence-electron chi connectivity index (χ1n) is 11.4. The maximum absolute atomic E-state index is 12.9. The lowest BCUT2D eigenvalue weighted by atomic mass is 10.1. The number of aromatic nitrogens is 2. The topological polar surface area (TPSA) is 56.6 Å². The number of rotatable bonds is 8. The minimum atomic E-state index is 0.00835. The highest BCUT2D eigenvalue weighted by Gasteiger charge is 2.34. The number of ether oxygens (including phenoxy) is 2. The van der Waals surface area contributed by atoms with E-state index in [0.717, 1.165) is 47.0 Å². The van der Waals surface area contributed by atoms with Crippen molar-refractivity contribution in [3.63, 3.8) is 0 Å². The molecular formula is C27H26ClN3O3. The van der Waals surface area contributed by atoms with E-state index in [9.17, 15) is 4.79 Å². The molecule has 0 radical (unpaired) electrons. The molecule has 1 saturated heterocycles. The Labute approximate surface area is 203 Å². The highest BCUT2D eigenvalue weighted by atomic mass is 35.5. The number of benzene rings is 3. The second-order valence-electron chi connectivity index (χ2n) is 8.35. The summed E-state index contributed by atoms with van der Waals surface area (Å²) in [5, 5.41) is 0.621. The maximum Gasteiger partial charge on any atom is 0.227 e. The molecule has 1 unspecified atom stereocenters. The van der Waals surface area contributed by atoms with Crippen molar-refractivity contribution < 1.29 is 14.3 Å². The van der Waals surface area contributed by atoms with Crippen molar-refractivity contribution in [1.82, 2.24) is 9.55 Å². The van der Waals surface area contributed by atoms with Gasteiger partial charge in [0.1, 0.15) is 5.82 Å². The lowest BCUT2D eigenvalue weighted by Gasteiger charge is -2.18. The summed E-state index contributed by atoms with van der Waals surface area (Å²) < 4.78 is 13.6. The molecule has 3 aromatic carbocycles. The van der Waals surface area contributed by atoms with Crippen molar-refractivity contribution in [3.05, 3.63) is 83.6 Å². The zero-order valence-electron chi connectivity index (χ0n) is 19.0. The first-order valence-corrected chi connectivity index (χ1v) is 11.8. The van der Waals surface area contributed by atoms with E-state index < -0.39 is 0 Å². The molecule has 1 fully saturated rings. The van der Waals surface area contributed by atoms with Crippen molar-refractivity contribution in [2.45, 2.75) is 25.3 Å². The summed E-state index contributed by atoms with van der Waals surface area (Å²) >= 11 is 6.16. The van der Waals surface area contributed by atoms with E-state index in [-0.39, 0.29) is 11.8 Å². The van der Waals surface area contributed by atoms with Gasteiger partial charge in [0.25, 0.3) is 0 Å². The number of hydrogen-bond acceptors (Lipinski definition) is 4. The summed E-state index contributed by atoms with van der Waals surface area (Å²) in [5.74, 6) is 2.50. The van der Waals surface area contributed by atoms with Crippen LogP contribution < -0.4 is 14.4 Å². The third kappa shape index (κ3) is 4.46. The molecule has 2 heterocycles. The van der Waals surface area contributed by atoms with Gasteiger partial charge in [-0.05, 0) is 48.9 Å². The normalized spacial score (nSPS) is 15.8. The third-order valence-electron chi connectivity index (χ3n) is 6.15. The average Bonchev–Trinajstić information content (AvgIpc) is 3.42. The number of nitrogens with zero attached hydrogens (tertiary/aromatic N) is 3. The predicted molar refractivity (Wildman–Crippen MR) is 134 cm³/mol. The first kappa shape index (κ1) is 22.3. The Morgan fingerprint density at radius 3 is 2.65 bits per heavy atom. The monoisotopic (exact) mass is 475 g/mol. The smallest absolute Gasteiger partial charge is 0.227 e. The Balaban J connectivity index is 1.35. The molecule has 1 amide bonds. The van der Waals surface area contributed by atoms with Gasteiger partial charge in [-0.1, -0.05) is 41.9 Å². The van der Waals surface area contributed by atoms with E-state index in [0.29, 0.717) is 24.6 Å². The number of para-hydroxylation sites is 4. The van der Waals surface area contributed by atoms with Crippen molar-refractivity contribution in [2.24, 2.45) is 0 Å². The van der Waals surface area contributed by atoms with E-state index in [1.165, 1.54) is 0 Å². The molecule has 174 valence electrons. The van der Waals surface area contributed by atoms with Crippen LogP contribution in [0.5, 0.6) is 11.5 Å². The molecule has 0 saturated carbocycles. The number of carbonyl (C=O) groups is 1. The molecule has 34 heavy (non-hydrogen) atoms. The minimum Gasteiger partial charge on any atom is -0.493 e. The van der Waals surface area contributed by atoms with Crippen LogP contribution in [0.4, 0.5) is 5.69 Å². The molecule has 6 nitrogen and oxygen atoms in total. The van der Waals surface area contributed by atoms with Crippen molar-refractivity contribution in [2.75, 3.05) is 25.2 Å². The van der Waals surface area contributed by atoms with Gasteiger partial charge in [-0.15, -0.1) is 0 Å². The molecular weight excluding hydrogens is 450 g/mol. The van der Waals surface area contributed by atoms with Crippen LogP contribution in [0.15, 0.2) is 72.8 Å². The molecule has 1 atom stereocenters. The molecule has 4 aromatic rings. The van der Waals surface area contributed by atoms with E-state index >= 15 is 0 Å². The Bertz CT molecular complexity index is 1320. The number of amides is 1. The highest BCUT2D eigenvalue weighted by Crippen LogP contribution is 2.34. The Hall–Kier alpha value is -3.51. The number of halogens is 1. The second kappa shape index (κ2) is 9.77. The average molecular weight is 476 g/mol. The standard InChI is InChI=1S/C27H26ClN3O3/c1-33-24-12-4-5-13-25(24)34-15-7-14-30-23-11-3-2-10-22(23)29-27(30)19-16-26(32)31(18-19)21-9-6-8-20(28)17-21/h2-6,8-13,17,19H,7,14-16,18H2,1H3. The quantitative estimate of drug-likeness (QED) is 0.307. The SMILES string of the molecule is COc1ccccc1OCCCn1c(C2CC(=O)N(c3cccc(Cl)c3)C2)nc2ccccc21. The summed E-state index contributed by atoms with van der Waals surface area (Å²) in [6, 6.07) is 23.2. The molecule has 0 spiro atoms. The van der Waals surface area contributed by atoms with Crippen LogP contribution in [0.25, 0.3) is 11.0 Å². The Morgan fingerprint density at radius 1 is 1.03 bits per heavy atom. The highest BCUT2D eigenvalue weighted by molar-refractivity contribution is 6.30. The van der Waals surface area contributed by atoms with Crippen LogP contribution >= 0.6 is 11.6 Å². The van der Waals surface area contributed by atoms with E-state index in [1.54, 1.807) is 7.11 Å². The van der Waals surface area contributed by atoms with Crippen molar-refractivity contribution in [3.8, 4) is 11.5 Å². The summed E-state index contributed by atoms with van der Waals surface area (Å²) in [6.07, 6.45) is 1.22. The van der Waals surface area contributed by atoms with Gasteiger partial charge in [-0.2, -0.15) is 0 Å². The van der Waals surface area contributed by atoms with Crippen molar-refractivity contribution in [1.29, 1.82) is 0 Å². The van der Waals surface area contributed by atoms with Crippen LogP contribution in [-0.4, -0.2) is 35.7 Å². The van der Waals surface area contributed by atoms with Gasteiger partial charge in [0.15, 0.2) is 11.5 Å². The maximum atomic E-state index is 12.9. The molecule has 0 aliphatic carbocycles. The lowest BCUT2D eigenvalue weighted by Crippen LogP contribution is -2.24. The van der Waals surface area contributed by atoms with Gasteiger partial charge in [0.2, 0.25) is 5.91 Å². The van der Waals surface area contributed by atoms with E-state index in [2.05, 4.69) is 10.6 Å². The number of hydrogen-bond donors (Lipinski definition) is 0. The molecule has 7 heteroatoms. The van der Waals surface area contributed by atoms with Crippen LogP contribution in [0.3, 0.4) is 0 Å². The van der Waals surface area contributed by atoms with Gasteiger partial charge in [0, 0.05) is 36.1 Å². The number of methoxy groups -OCH3 is 1. The summed E-state index contributed by atoms with van der Waals surface area (Å²) in [7, 11) is 1.64. The fourth-order valence-electron chi connectivity index (χ4n) is 4.56. The van der Waals surface area contributed by atoms with Crippen LogP contribution in [0, 0.1) is 0 Å². The summed E-state index contributed by atoms with van der Waals surface area (Å²) in [4.78, 5) is 19.6. The van der Waals surface area contributed by atoms with Gasteiger partial charge >= 0.3 is 0 Å². The zero-order chi connectivity index (χ0) is 23.5. The number of carbonyl (C=O) groups excluding carboxylic acids is 1. The van der Waals surface area contributed by atoms with Gasteiger partial charge in [0.05, 0.1) is 24.8 Å².